The number of amides is 1. The predicted molar refractivity (Wildman–Crippen MR) is 49.7 cm³/mol. The number of hydrogen-bond donors (Lipinski definition) is 2. The van der Waals surface area contributed by atoms with Crippen molar-refractivity contribution in [2.45, 2.75) is 38.1 Å². The van der Waals surface area contributed by atoms with E-state index in [0.717, 1.165) is 25.7 Å². The summed E-state index contributed by atoms with van der Waals surface area (Å²) >= 11 is 0. The van der Waals surface area contributed by atoms with E-state index in [1.165, 1.54) is 13.5 Å². The van der Waals surface area contributed by atoms with E-state index >= 15 is 0 Å². The highest BCUT2D eigenvalue weighted by molar-refractivity contribution is 5.78. The lowest BCUT2D eigenvalue weighted by atomic mass is 9.95. The molecular formula is C9H18N2O2. The van der Waals surface area contributed by atoms with Gasteiger partial charge in [0.15, 0.2) is 0 Å². The van der Waals surface area contributed by atoms with E-state index in [-0.39, 0.29) is 17.9 Å². The Balaban J connectivity index is 2.48. The molecule has 0 saturated heterocycles. The van der Waals surface area contributed by atoms with E-state index in [0.29, 0.717) is 0 Å². The first-order valence-corrected chi connectivity index (χ1v) is 4.84. The molecule has 0 bridgehead atoms. The molecule has 0 aromatic rings. The number of nitrogens with two attached hydrogens (primary N) is 1. The van der Waals surface area contributed by atoms with Gasteiger partial charge in [-0.1, -0.05) is 19.3 Å². The van der Waals surface area contributed by atoms with E-state index in [4.69, 9.17) is 5.73 Å². The monoisotopic (exact) mass is 186 g/mol. The van der Waals surface area contributed by atoms with Crippen LogP contribution in [-0.4, -0.2) is 19.1 Å². The number of carbonyl (C=O) groups excluding carboxylic acids is 1. The lowest BCUT2D eigenvalue weighted by Crippen LogP contribution is -2.40. The van der Waals surface area contributed by atoms with Crippen molar-refractivity contribution in [3.63, 3.8) is 0 Å². The van der Waals surface area contributed by atoms with Gasteiger partial charge in [-0.15, -0.1) is 0 Å². The molecule has 4 nitrogen and oxygen atoms in total. The Labute approximate surface area is 78.8 Å². The molecule has 76 valence electrons. The maximum atomic E-state index is 11.4. The van der Waals surface area contributed by atoms with Crippen molar-refractivity contribution in [3.8, 4) is 0 Å². The third-order valence-corrected chi connectivity index (χ3v) is 2.61. The molecule has 0 aliphatic heterocycles. The normalized spacial score (nSPS) is 29.4. The third kappa shape index (κ3) is 2.97. The number of nitrogens with one attached hydrogen (secondary N) is 1. The summed E-state index contributed by atoms with van der Waals surface area (Å²) in [4.78, 5) is 16.0. The van der Waals surface area contributed by atoms with Gasteiger partial charge in [-0.2, -0.15) is 0 Å². The summed E-state index contributed by atoms with van der Waals surface area (Å²) in [6.07, 6.45) is 5.25. The Kier molecular flexibility index (Phi) is 4.18. The minimum Gasteiger partial charge on any atom is -0.327 e. The number of hydroxylamine groups is 1. The Morgan fingerprint density at radius 2 is 2.08 bits per heavy atom. The molecule has 1 aliphatic carbocycles. The second-order valence-electron chi connectivity index (χ2n) is 3.58. The quantitative estimate of drug-likeness (QED) is 0.489. The highest BCUT2D eigenvalue weighted by atomic mass is 16.6. The van der Waals surface area contributed by atoms with E-state index in [1.54, 1.807) is 0 Å². The van der Waals surface area contributed by atoms with Crippen molar-refractivity contribution in [2.75, 3.05) is 7.11 Å². The molecule has 1 saturated carbocycles. The van der Waals surface area contributed by atoms with Crippen molar-refractivity contribution in [1.82, 2.24) is 5.48 Å². The zero-order chi connectivity index (χ0) is 9.68. The lowest BCUT2D eigenvalue weighted by Gasteiger charge is -2.19. The number of carbonyl (C=O) groups is 1. The van der Waals surface area contributed by atoms with Crippen LogP contribution in [0.2, 0.25) is 0 Å². The van der Waals surface area contributed by atoms with Crippen LogP contribution in [0.5, 0.6) is 0 Å². The summed E-state index contributed by atoms with van der Waals surface area (Å²) in [7, 11) is 1.44. The summed E-state index contributed by atoms with van der Waals surface area (Å²) in [5.41, 5.74) is 8.25. The molecule has 2 atom stereocenters. The summed E-state index contributed by atoms with van der Waals surface area (Å²) < 4.78 is 0. The van der Waals surface area contributed by atoms with Crippen molar-refractivity contribution in [1.29, 1.82) is 0 Å². The van der Waals surface area contributed by atoms with Crippen LogP contribution in [-0.2, 0) is 9.63 Å². The summed E-state index contributed by atoms with van der Waals surface area (Å²) in [5.74, 6) is -0.139. The standard InChI is InChI=1S/C9H18N2O2/c1-13-11-9(12)7-5-3-2-4-6-8(7)10/h7-8H,2-6,10H2,1H3,(H,11,12). The zero-order valence-electron chi connectivity index (χ0n) is 8.08. The van der Waals surface area contributed by atoms with Crippen LogP contribution in [0, 0.1) is 5.92 Å². The second kappa shape index (κ2) is 5.19. The molecule has 1 aliphatic rings. The van der Waals surface area contributed by atoms with Crippen molar-refractivity contribution < 1.29 is 9.63 Å². The number of hydrogen-bond acceptors (Lipinski definition) is 3. The first-order chi connectivity index (χ1) is 6.25. The molecule has 1 fully saturated rings. The van der Waals surface area contributed by atoms with Gasteiger partial charge in [0.25, 0.3) is 0 Å². The van der Waals surface area contributed by atoms with Crippen LogP contribution in [0.4, 0.5) is 0 Å². The smallest absolute Gasteiger partial charge is 0.248 e. The van der Waals surface area contributed by atoms with Crippen molar-refractivity contribution in [3.05, 3.63) is 0 Å². The Hall–Kier alpha value is -0.610. The molecule has 0 radical (unpaired) electrons. The summed E-state index contributed by atoms with van der Waals surface area (Å²) in [6, 6.07) is -0.00218. The highest BCUT2D eigenvalue weighted by Gasteiger charge is 2.26. The highest BCUT2D eigenvalue weighted by Crippen LogP contribution is 2.22. The van der Waals surface area contributed by atoms with Crippen LogP contribution in [0.3, 0.4) is 0 Å². The maximum Gasteiger partial charge on any atom is 0.248 e. The van der Waals surface area contributed by atoms with E-state index < -0.39 is 0 Å². The van der Waals surface area contributed by atoms with Crippen LogP contribution in [0.1, 0.15) is 32.1 Å². The van der Waals surface area contributed by atoms with Crippen LogP contribution < -0.4 is 11.2 Å². The average molecular weight is 186 g/mol. The molecule has 1 rings (SSSR count). The molecule has 0 heterocycles. The molecule has 3 N–H and O–H groups in total. The lowest BCUT2D eigenvalue weighted by molar-refractivity contribution is -0.136. The first kappa shape index (κ1) is 10.5. The van der Waals surface area contributed by atoms with Crippen molar-refractivity contribution >= 4 is 5.91 Å². The molecular weight excluding hydrogens is 168 g/mol. The fourth-order valence-electron chi connectivity index (χ4n) is 1.84. The molecule has 1 amide bonds. The van der Waals surface area contributed by atoms with Crippen LogP contribution in [0.25, 0.3) is 0 Å². The van der Waals surface area contributed by atoms with Gasteiger partial charge in [-0.05, 0) is 12.8 Å². The summed E-state index contributed by atoms with van der Waals surface area (Å²) in [6.45, 7) is 0. The van der Waals surface area contributed by atoms with Gasteiger partial charge in [0.1, 0.15) is 0 Å². The Morgan fingerprint density at radius 3 is 2.77 bits per heavy atom. The van der Waals surface area contributed by atoms with Gasteiger partial charge >= 0.3 is 0 Å². The van der Waals surface area contributed by atoms with Crippen LogP contribution in [0.15, 0.2) is 0 Å². The number of rotatable bonds is 2. The largest absolute Gasteiger partial charge is 0.327 e. The predicted octanol–water partition coefficient (Wildman–Crippen LogP) is 0.572. The molecule has 0 aromatic heterocycles. The fourth-order valence-corrected chi connectivity index (χ4v) is 1.84. The first-order valence-electron chi connectivity index (χ1n) is 4.84. The molecule has 13 heavy (non-hydrogen) atoms. The van der Waals surface area contributed by atoms with E-state index in [1.807, 2.05) is 0 Å². The summed E-state index contributed by atoms with van der Waals surface area (Å²) in [5, 5.41) is 0. The molecule has 2 unspecified atom stereocenters. The third-order valence-electron chi connectivity index (χ3n) is 2.61. The van der Waals surface area contributed by atoms with Gasteiger partial charge < -0.3 is 5.73 Å². The average Bonchev–Trinajstić information content (AvgIpc) is 2.30. The van der Waals surface area contributed by atoms with Gasteiger partial charge in [0.2, 0.25) is 5.91 Å². The second-order valence-corrected chi connectivity index (χ2v) is 3.58. The van der Waals surface area contributed by atoms with E-state index in [2.05, 4.69) is 10.3 Å². The maximum absolute atomic E-state index is 11.4. The van der Waals surface area contributed by atoms with E-state index in [9.17, 15) is 4.79 Å². The van der Waals surface area contributed by atoms with Crippen molar-refractivity contribution in [2.24, 2.45) is 11.7 Å². The van der Waals surface area contributed by atoms with Gasteiger partial charge in [-0.25, -0.2) is 5.48 Å². The molecule has 4 heteroatoms. The SMILES string of the molecule is CONC(=O)C1CCCCCC1N. The Morgan fingerprint density at radius 1 is 1.38 bits per heavy atom. The van der Waals surface area contributed by atoms with Gasteiger partial charge in [0, 0.05) is 6.04 Å². The fraction of sp³-hybridized carbons (Fsp3) is 0.889. The minimum atomic E-state index is -0.0723. The van der Waals surface area contributed by atoms with Gasteiger partial charge in [0.05, 0.1) is 13.0 Å². The zero-order valence-corrected chi connectivity index (χ0v) is 8.08. The van der Waals surface area contributed by atoms with Gasteiger partial charge in [-0.3, -0.25) is 9.63 Å². The topological polar surface area (TPSA) is 64.3 Å². The Bertz CT molecular complexity index is 173. The van der Waals surface area contributed by atoms with Crippen LogP contribution >= 0.6 is 0 Å². The minimum absolute atomic E-state index is 0.00218. The molecule has 0 aromatic carbocycles. The molecule has 0 spiro atoms.